The van der Waals surface area contributed by atoms with Crippen LogP contribution in [0.15, 0.2) is 58.3 Å². The summed E-state index contributed by atoms with van der Waals surface area (Å²) >= 11 is 7.49. The molecule has 1 fully saturated rings. The van der Waals surface area contributed by atoms with Crippen LogP contribution in [-0.2, 0) is 16.2 Å². The molecular formula is C19H15NO4S3. The monoisotopic (exact) mass is 417 g/mol. The van der Waals surface area contributed by atoms with E-state index in [-0.39, 0.29) is 11.7 Å². The van der Waals surface area contributed by atoms with E-state index in [9.17, 15) is 9.59 Å². The van der Waals surface area contributed by atoms with E-state index in [0.29, 0.717) is 21.6 Å². The zero-order chi connectivity index (χ0) is 19.2. The van der Waals surface area contributed by atoms with E-state index in [1.165, 1.54) is 23.5 Å². The van der Waals surface area contributed by atoms with Gasteiger partial charge in [-0.2, -0.15) is 0 Å². The molecule has 2 aromatic carbocycles. The molecule has 1 amide bonds. The van der Waals surface area contributed by atoms with Gasteiger partial charge in [0.15, 0.2) is 0 Å². The molecular weight excluding hydrogens is 402 g/mol. The van der Waals surface area contributed by atoms with Crippen LogP contribution in [-0.4, -0.2) is 27.1 Å². The highest BCUT2D eigenvalue weighted by molar-refractivity contribution is 8.26. The Bertz CT molecular complexity index is 927. The van der Waals surface area contributed by atoms with E-state index >= 15 is 0 Å². The van der Waals surface area contributed by atoms with Crippen molar-refractivity contribution >= 4 is 58.0 Å². The highest BCUT2D eigenvalue weighted by atomic mass is 32.2. The summed E-state index contributed by atoms with van der Waals surface area (Å²) in [5.74, 6) is -0.388. The summed E-state index contributed by atoms with van der Waals surface area (Å²) in [6, 6.07) is 15.0. The van der Waals surface area contributed by atoms with Crippen LogP contribution in [0.3, 0.4) is 0 Å². The zero-order valence-electron chi connectivity index (χ0n) is 14.0. The number of rotatable bonds is 7. The average molecular weight is 418 g/mol. The number of aliphatic carboxylic acids is 1. The Kier molecular flexibility index (Phi) is 6.54. The van der Waals surface area contributed by atoms with Crippen molar-refractivity contribution in [3.05, 3.63) is 64.6 Å². The van der Waals surface area contributed by atoms with E-state index < -0.39 is 5.97 Å². The summed E-state index contributed by atoms with van der Waals surface area (Å²) < 4.78 is 6.32. The van der Waals surface area contributed by atoms with Crippen molar-refractivity contribution in [3.8, 4) is 5.75 Å². The van der Waals surface area contributed by atoms with Crippen molar-refractivity contribution < 1.29 is 19.4 Å². The van der Waals surface area contributed by atoms with Crippen LogP contribution in [0, 0.1) is 0 Å². The Labute approximate surface area is 170 Å². The van der Waals surface area contributed by atoms with Gasteiger partial charge in [-0.05, 0) is 29.8 Å². The molecule has 2 N–H and O–H groups in total. The Balaban J connectivity index is 1.69. The van der Waals surface area contributed by atoms with Crippen molar-refractivity contribution in [1.82, 2.24) is 5.32 Å². The number of carboxylic acids is 1. The van der Waals surface area contributed by atoms with E-state index in [0.717, 1.165) is 16.0 Å². The fourth-order valence-corrected chi connectivity index (χ4v) is 4.14. The molecule has 2 aromatic rings. The minimum absolute atomic E-state index is 0.00165. The standard InChI is InChI=1S/C19H15NO4S3/c21-17(22)11-26-15-7-2-1-5-13(15)10-24-14-6-3-4-12(8-14)9-16-18(23)20-19(25)27-16/h1-9H,10-11H2,(H,21,22)(H,20,23,25). The molecule has 0 bridgehead atoms. The van der Waals surface area contributed by atoms with Gasteiger partial charge >= 0.3 is 5.97 Å². The lowest BCUT2D eigenvalue weighted by Crippen LogP contribution is -2.17. The summed E-state index contributed by atoms with van der Waals surface area (Å²) in [4.78, 5) is 24.0. The maximum Gasteiger partial charge on any atom is 0.313 e. The highest BCUT2D eigenvalue weighted by Gasteiger charge is 2.21. The van der Waals surface area contributed by atoms with Crippen molar-refractivity contribution in [2.45, 2.75) is 11.5 Å². The van der Waals surface area contributed by atoms with Gasteiger partial charge in [0.25, 0.3) is 5.91 Å². The van der Waals surface area contributed by atoms with Gasteiger partial charge in [0.2, 0.25) is 0 Å². The predicted molar refractivity (Wildman–Crippen MR) is 112 cm³/mol. The third-order valence-electron chi connectivity index (χ3n) is 3.52. The van der Waals surface area contributed by atoms with E-state index in [4.69, 9.17) is 22.1 Å². The number of carboxylic acid groups (broad SMARTS) is 1. The fraction of sp³-hybridized carbons (Fsp3) is 0.105. The average Bonchev–Trinajstić information content (AvgIpc) is 2.96. The number of carbonyl (C=O) groups is 2. The number of benzene rings is 2. The quantitative estimate of drug-likeness (QED) is 0.402. The van der Waals surface area contributed by atoms with Gasteiger partial charge in [0, 0.05) is 10.5 Å². The fourth-order valence-electron chi connectivity index (χ4n) is 2.33. The first kappa shape index (κ1) is 19.5. The number of nitrogens with one attached hydrogen (secondary N) is 1. The van der Waals surface area contributed by atoms with Crippen molar-refractivity contribution in [3.63, 3.8) is 0 Å². The highest BCUT2D eigenvalue weighted by Crippen LogP contribution is 2.28. The Hall–Kier alpha value is -2.29. The number of carbonyl (C=O) groups excluding carboxylic acids is 1. The molecule has 138 valence electrons. The van der Waals surface area contributed by atoms with Gasteiger partial charge in [-0.3, -0.25) is 9.59 Å². The molecule has 0 aliphatic carbocycles. The summed E-state index contributed by atoms with van der Waals surface area (Å²) in [5, 5.41) is 11.4. The maximum absolute atomic E-state index is 11.8. The molecule has 0 aromatic heterocycles. The van der Waals surface area contributed by atoms with E-state index in [1.807, 2.05) is 48.5 Å². The molecule has 8 heteroatoms. The molecule has 0 spiro atoms. The van der Waals surface area contributed by atoms with Crippen LogP contribution < -0.4 is 10.1 Å². The smallest absolute Gasteiger partial charge is 0.313 e. The lowest BCUT2D eigenvalue weighted by Gasteiger charge is -2.10. The van der Waals surface area contributed by atoms with Crippen LogP contribution in [0.25, 0.3) is 6.08 Å². The summed E-state index contributed by atoms with van der Waals surface area (Å²) in [6.45, 7) is 0.322. The van der Waals surface area contributed by atoms with Crippen molar-refractivity contribution in [2.75, 3.05) is 5.75 Å². The third kappa shape index (κ3) is 5.59. The van der Waals surface area contributed by atoms with Gasteiger partial charge in [-0.25, -0.2) is 0 Å². The maximum atomic E-state index is 11.8. The van der Waals surface area contributed by atoms with Crippen LogP contribution in [0.5, 0.6) is 5.75 Å². The second-order valence-corrected chi connectivity index (χ2v) is 8.24. The second kappa shape index (κ2) is 9.07. The van der Waals surface area contributed by atoms with Gasteiger partial charge in [0.05, 0.1) is 10.7 Å². The van der Waals surface area contributed by atoms with Gasteiger partial charge in [-0.1, -0.05) is 54.3 Å². The molecule has 1 saturated heterocycles. The first-order valence-corrected chi connectivity index (χ1v) is 10.1. The predicted octanol–water partition coefficient (Wildman–Crippen LogP) is 3.93. The minimum atomic E-state index is -0.857. The molecule has 1 aliphatic heterocycles. The zero-order valence-corrected chi connectivity index (χ0v) is 16.5. The second-order valence-electron chi connectivity index (χ2n) is 5.50. The molecule has 0 radical (unpaired) electrons. The molecule has 0 unspecified atom stereocenters. The first-order chi connectivity index (χ1) is 13.0. The Morgan fingerprint density at radius 3 is 2.81 bits per heavy atom. The first-order valence-electron chi connectivity index (χ1n) is 7.91. The SMILES string of the molecule is O=C(O)CSc1ccccc1COc1cccc(C=C2SC(=S)NC2=O)c1. The molecule has 3 rings (SSSR count). The summed E-state index contributed by atoms with van der Waals surface area (Å²) in [7, 11) is 0. The number of amides is 1. The third-order valence-corrected chi connectivity index (χ3v) is 5.78. The lowest BCUT2D eigenvalue weighted by molar-refractivity contribution is -0.133. The Morgan fingerprint density at radius 1 is 1.26 bits per heavy atom. The van der Waals surface area contributed by atoms with Crippen LogP contribution >= 0.6 is 35.7 Å². The number of thioether (sulfide) groups is 2. The van der Waals surface area contributed by atoms with E-state index in [2.05, 4.69) is 5.32 Å². The topological polar surface area (TPSA) is 75.6 Å². The van der Waals surface area contributed by atoms with Gasteiger partial charge in [-0.15, -0.1) is 11.8 Å². The summed E-state index contributed by atoms with van der Waals surface area (Å²) in [6.07, 6.45) is 1.77. The number of thiocarbonyl (C=S) groups is 1. The molecule has 1 aliphatic rings. The van der Waals surface area contributed by atoms with Gasteiger partial charge in [0.1, 0.15) is 16.7 Å². The van der Waals surface area contributed by atoms with Crippen LogP contribution in [0.4, 0.5) is 0 Å². The minimum Gasteiger partial charge on any atom is -0.489 e. The number of hydrogen-bond acceptors (Lipinski definition) is 6. The molecule has 0 saturated carbocycles. The Morgan fingerprint density at radius 2 is 2.07 bits per heavy atom. The lowest BCUT2D eigenvalue weighted by atomic mass is 10.2. The molecule has 1 heterocycles. The normalized spacial score (nSPS) is 15.0. The van der Waals surface area contributed by atoms with E-state index in [1.54, 1.807) is 6.08 Å². The van der Waals surface area contributed by atoms with Crippen molar-refractivity contribution in [2.24, 2.45) is 0 Å². The molecule has 0 atom stereocenters. The largest absolute Gasteiger partial charge is 0.489 e. The molecule has 5 nitrogen and oxygen atoms in total. The van der Waals surface area contributed by atoms with Crippen LogP contribution in [0.2, 0.25) is 0 Å². The summed E-state index contributed by atoms with van der Waals surface area (Å²) in [5.41, 5.74) is 1.76. The number of ether oxygens (including phenoxy) is 1. The molecule has 27 heavy (non-hydrogen) atoms. The van der Waals surface area contributed by atoms with Crippen molar-refractivity contribution in [1.29, 1.82) is 0 Å². The van der Waals surface area contributed by atoms with Gasteiger partial charge < -0.3 is 15.2 Å². The number of hydrogen-bond donors (Lipinski definition) is 2. The van der Waals surface area contributed by atoms with Crippen LogP contribution in [0.1, 0.15) is 11.1 Å².